The Morgan fingerprint density at radius 3 is 2.73 bits per heavy atom. The molecular weight excluding hydrogens is 182 g/mol. The number of aryl methyl sites for hydroxylation is 2. The lowest BCUT2D eigenvalue weighted by Crippen LogP contribution is -1.93. The molecule has 1 aromatic carbocycles. The van der Waals surface area contributed by atoms with E-state index in [2.05, 4.69) is 43.1 Å². The van der Waals surface area contributed by atoms with Crippen LogP contribution < -0.4 is 0 Å². The van der Waals surface area contributed by atoms with Crippen LogP contribution in [0.1, 0.15) is 22.3 Å². The van der Waals surface area contributed by atoms with Crippen LogP contribution in [-0.2, 0) is 6.42 Å². The maximum Gasteiger partial charge on any atom is 0.0303 e. The number of hydrogen-bond acceptors (Lipinski definition) is 1. The molecule has 0 atom stereocenters. The SMILES string of the molecule is Cc1ccc(C)c(Cc2cccnc2)c1. The Bertz CT molecular complexity index is 446. The molecule has 0 aliphatic rings. The summed E-state index contributed by atoms with van der Waals surface area (Å²) in [5.41, 5.74) is 5.33. The van der Waals surface area contributed by atoms with Gasteiger partial charge in [0.25, 0.3) is 0 Å². The summed E-state index contributed by atoms with van der Waals surface area (Å²) >= 11 is 0. The largest absolute Gasteiger partial charge is 0.264 e. The fourth-order valence-electron chi connectivity index (χ4n) is 1.71. The topological polar surface area (TPSA) is 12.9 Å². The van der Waals surface area contributed by atoms with Gasteiger partial charge in [0, 0.05) is 12.4 Å². The summed E-state index contributed by atoms with van der Waals surface area (Å²) in [5.74, 6) is 0. The second kappa shape index (κ2) is 4.26. The first-order valence-electron chi connectivity index (χ1n) is 5.21. The van der Waals surface area contributed by atoms with Crippen molar-refractivity contribution in [1.82, 2.24) is 4.98 Å². The number of aromatic nitrogens is 1. The van der Waals surface area contributed by atoms with E-state index in [0.717, 1.165) is 6.42 Å². The van der Waals surface area contributed by atoms with Crippen molar-refractivity contribution in [2.24, 2.45) is 0 Å². The fraction of sp³-hybridized carbons (Fsp3) is 0.214. The van der Waals surface area contributed by atoms with Crippen LogP contribution in [0.15, 0.2) is 42.7 Å². The lowest BCUT2D eigenvalue weighted by atomic mass is 10.00. The van der Waals surface area contributed by atoms with Crippen LogP contribution in [0.25, 0.3) is 0 Å². The standard InChI is InChI=1S/C14H15N/c1-11-5-6-12(2)14(8-11)9-13-4-3-7-15-10-13/h3-8,10H,9H2,1-2H3. The third kappa shape index (κ3) is 2.44. The lowest BCUT2D eigenvalue weighted by molar-refractivity contribution is 1.11. The minimum atomic E-state index is 0.974. The quantitative estimate of drug-likeness (QED) is 0.720. The van der Waals surface area contributed by atoms with Gasteiger partial charge in [-0.05, 0) is 43.0 Å². The average Bonchev–Trinajstić information content (AvgIpc) is 2.25. The van der Waals surface area contributed by atoms with Crippen LogP contribution in [0.5, 0.6) is 0 Å². The van der Waals surface area contributed by atoms with Crippen LogP contribution in [0.2, 0.25) is 0 Å². The molecule has 0 radical (unpaired) electrons. The summed E-state index contributed by atoms with van der Waals surface area (Å²) in [7, 11) is 0. The van der Waals surface area contributed by atoms with Crippen molar-refractivity contribution >= 4 is 0 Å². The van der Waals surface area contributed by atoms with Crippen molar-refractivity contribution < 1.29 is 0 Å². The van der Waals surface area contributed by atoms with Crippen molar-refractivity contribution in [1.29, 1.82) is 0 Å². The molecule has 0 saturated heterocycles. The highest BCUT2D eigenvalue weighted by molar-refractivity contribution is 5.34. The zero-order valence-electron chi connectivity index (χ0n) is 9.20. The third-order valence-electron chi connectivity index (χ3n) is 2.62. The Labute approximate surface area is 90.8 Å². The van der Waals surface area contributed by atoms with E-state index >= 15 is 0 Å². The van der Waals surface area contributed by atoms with Gasteiger partial charge >= 0.3 is 0 Å². The van der Waals surface area contributed by atoms with E-state index in [1.807, 2.05) is 18.5 Å². The number of nitrogens with zero attached hydrogens (tertiary/aromatic N) is 1. The highest BCUT2D eigenvalue weighted by Crippen LogP contribution is 2.14. The molecule has 2 aromatic rings. The molecule has 0 aliphatic heterocycles. The highest BCUT2D eigenvalue weighted by atomic mass is 14.6. The zero-order valence-corrected chi connectivity index (χ0v) is 9.20. The van der Waals surface area contributed by atoms with E-state index in [9.17, 15) is 0 Å². The second-order valence-corrected chi connectivity index (χ2v) is 3.97. The molecule has 0 bridgehead atoms. The number of pyridine rings is 1. The Balaban J connectivity index is 2.28. The molecule has 2 rings (SSSR count). The molecule has 1 heteroatoms. The molecule has 0 N–H and O–H groups in total. The highest BCUT2D eigenvalue weighted by Gasteiger charge is 2.00. The van der Waals surface area contributed by atoms with Crippen LogP contribution >= 0.6 is 0 Å². The smallest absolute Gasteiger partial charge is 0.0303 e. The molecule has 76 valence electrons. The van der Waals surface area contributed by atoms with Crippen molar-refractivity contribution in [2.45, 2.75) is 20.3 Å². The average molecular weight is 197 g/mol. The van der Waals surface area contributed by atoms with Gasteiger partial charge in [-0.1, -0.05) is 29.8 Å². The predicted molar refractivity (Wildman–Crippen MR) is 63.0 cm³/mol. The van der Waals surface area contributed by atoms with Gasteiger partial charge in [0.1, 0.15) is 0 Å². The van der Waals surface area contributed by atoms with Crippen molar-refractivity contribution in [3.63, 3.8) is 0 Å². The van der Waals surface area contributed by atoms with Gasteiger partial charge in [0.15, 0.2) is 0 Å². The van der Waals surface area contributed by atoms with Gasteiger partial charge in [-0.2, -0.15) is 0 Å². The van der Waals surface area contributed by atoms with Crippen LogP contribution in [0, 0.1) is 13.8 Å². The first-order chi connectivity index (χ1) is 7.25. The van der Waals surface area contributed by atoms with Gasteiger partial charge in [0.2, 0.25) is 0 Å². The van der Waals surface area contributed by atoms with Gasteiger partial charge in [-0.15, -0.1) is 0 Å². The molecule has 1 aromatic heterocycles. The molecule has 0 saturated carbocycles. The molecule has 0 unspecified atom stereocenters. The van der Waals surface area contributed by atoms with Crippen molar-refractivity contribution in [3.05, 3.63) is 65.0 Å². The van der Waals surface area contributed by atoms with Crippen LogP contribution in [0.3, 0.4) is 0 Å². The molecule has 0 fully saturated rings. The summed E-state index contributed by atoms with van der Waals surface area (Å²) in [6, 6.07) is 10.7. The molecule has 0 aliphatic carbocycles. The number of hydrogen-bond donors (Lipinski definition) is 0. The third-order valence-corrected chi connectivity index (χ3v) is 2.62. The predicted octanol–water partition coefficient (Wildman–Crippen LogP) is 3.29. The van der Waals surface area contributed by atoms with E-state index in [4.69, 9.17) is 0 Å². The fourth-order valence-corrected chi connectivity index (χ4v) is 1.71. The molecule has 15 heavy (non-hydrogen) atoms. The van der Waals surface area contributed by atoms with Gasteiger partial charge in [-0.25, -0.2) is 0 Å². The minimum Gasteiger partial charge on any atom is -0.264 e. The maximum absolute atomic E-state index is 4.13. The van der Waals surface area contributed by atoms with Crippen molar-refractivity contribution in [3.8, 4) is 0 Å². The zero-order chi connectivity index (χ0) is 10.7. The summed E-state index contributed by atoms with van der Waals surface area (Å²) in [4.78, 5) is 4.13. The van der Waals surface area contributed by atoms with Gasteiger partial charge in [0.05, 0.1) is 0 Å². The van der Waals surface area contributed by atoms with E-state index in [1.165, 1.54) is 22.3 Å². The minimum absolute atomic E-state index is 0.974. The summed E-state index contributed by atoms with van der Waals surface area (Å²) in [5, 5.41) is 0. The van der Waals surface area contributed by atoms with Gasteiger partial charge < -0.3 is 0 Å². The molecule has 0 spiro atoms. The van der Waals surface area contributed by atoms with E-state index < -0.39 is 0 Å². The second-order valence-electron chi connectivity index (χ2n) is 3.97. The summed E-state index contributed by atoms with van der Waals surface area (Å²) < 4.78 is 0. The van der Waals surface area contributed by atoms with E-state index in [-0.39, 0.29) is 0 Å². The van der Waals surface area contributed by atoms with Gasteiger partial charge in [-0.3, -0.25) is 4.98 Å². The van der Waals surface area contributed by atoms with E-state index in [0.29, 0.717) is 0 Å². The van der Waals surface area contributed by atoms with Crippen LogP contribution in [-0.4, -0.2) is 4.98 Å². The first kappa shape index (κ1) is 9.91. The monoisotopic (exact) mass is 197 g/mol. The van der Waals surface area contributed by atoms with Crippen molar-refractivity contribution in [2.75, 3.05) is 0 Å². The summed E-state index contributed by atoms with van der Waals surface area (Å²) in [6.45, 7) is 4.29. The molecule has 1 nitrogen and oxygen atoms in total. The Morgan fingerprint density at radius 2 is 2.00 bits per heavy atom. The number of rotatable bonds is 2. The maximum atomic E-state index is 4.13. The Kier molecular flexibility index (Phi) is 2.82. The Hall–Kier alpha value is -1.63. The van der Waals surface area contributed by atoms with E-state index in [1.54, 1.807) is 0 Å². The Morgan fingerprint density at radius 1 is 1.13 bits per heavy atom. The molecule has 1 heterocycles. The summed E-state index contributed by atoms with van der Waals surface area (Å²) in [6.07, 6.45) is 4.72. The lowest BCUT2D eigenvalue weighted by Gasteiger charge is -2.06. The normalized spacial score (nSPS) is 10.3. The first-order valence-corrected chi connectivity index (χ1v) is 5.21. The van der Waals surface area contributed by atoms with Crippen LogP contribution in [0.4, 0.5) is 0 Å². The number of benzene rings is 1. The molecule has 0 amide bonds. The molecular formula is C14H15N.